The van der Waals surface area contributed by atoms with E-state index in [9.17, 15) is 9.59 Å². The highest BCUT2D eigenvalue weighted by Crippen LogP contribution is 2.21. The number of hydrogen-bond acceptors (Lipinski definition) is 5. The van der Waals surface area contributed by atoms with Gasteiger partial charge in [0.05, 0.1) is 0 Å². The number of hydrogen-bond donors (Lipinski definition) is 1. The van der Waals surface area contributed by atoms with Crippen molar-refractivity contribution in [3.8, 4) is 0 Å². The molecule has 3 aliphatic rings. The number of nitrogens with one attached hydrogen (secondary N) is 1. The molecule has 4 heterocycles. The molecule has 0 saturated carbocycles. The van der Waals surface area contributed by atoms with E-state index in [1.807, 2.05) is 28.1 Å². The van der Waals surface area contributed by atoms with Crippen LogP contribution in [0.15, 0.2) is 18.3 Å². The minimum atomic E-state index is -0.0517. The Bertz CT molecular complexity index is 718. The van der Waals surface area contributed by atoms with Crippen molar-refractivity contribution >= 4 is 17.8 Å². The summed E-state index contributed by atoms with van der Waals surface area (Å²) in [4.78, 5) is 38.2. The van der Waals surface area contributed by atoms with Crippen molar-refractivity contribution in [2.75, 3.05) is 64.3 Å². The number of nitrogens with zero attached hydrogens (tertiary/aromatic N) is 5. The maximum Gasteiger partial charge on any atom is 0.317 e. The Kier molecular flexibility index (Phi) is 6.72. The van der Waals surface area contributed by atoms with Crippen molar-refractivity contribution in [3.63, 3.8) is 0 Å². The van der Waals surface area contributed by atoms with E-state index in [0.717, 1.165) is 63.5 Å². The number of urea groups is 1. The molecule has 3 amide bonds. The molecule has 3 saturated heterocycles. The number of anilines is 1. The lowest BCUT2D eigenvalue weighted by atomic mass is 9.95. The van der Waals surface area contributed by atoms with Crippen LogP contribution in [-0.4, -0.2) is 91.0 Å². The fourth-order valence-electron chi connectivity index (χ4n) is 4.56. The van der Waals surface area contributed by atoms with Crippen LogP contribution in [0.5, 0.6) is 0 Å². The van der Waals surface area contributed by atoms with Crippen LogP contribution in [0, 0.1) is 5.92 Å². The van der Waals surface area contributed by atoms with Crippen molar-refractivity contribution in [2.24, 2.45) is 5.92 Å². The second-order valence-corrected chi connectivity index (χ2v) is 8.77. The van der Waals surface area contributed by atoms with Gasteiger partial charge in [0.15, 0.2) is 0 Å². The highest BCUT2D eigenvalue weighted by atomic mass is 16.2. The van der Waals surface area contributed by atoms with Gasteiger partial charge in [-0.2, -0.15) is 0 Å². The summed E-state index contributed by atoms with van der Waals surface area (Å²) in [5, 5.41) is 3.00. The normalized spacial score (nSPS) is 21.2. The predicted molar refractivity (Wildman–Crippen MR) is 116 cm³/mol. The summed E-state index contributed by atoms with van der Waals surface area (Å²) in [6.07, 6.45) is 5.83. The Morgan fingerprint density at radius 2 is 1.67 bits per heavy atom. The lowest BCUT2D eigenvalue weighted by Crippen LogP contribution is -2.51. The molecule has 3 aliphatic heterocycles. The first-order valence-electron chi connectivity index (χ1n) is 11.3. The molecule has 1 N–H and O–H groups in total. The molecular formula is C22H34N6O2. The summed E-state index contributed by atoms with van der Waals surface area (Å²) >= 11 is 0. The molecule has 0 radical (unpaired) electrons. The number of carbonyl (C=O) groups excluding carboxylic acids is 2. The molecule has 164 valence electrons. The molecule has 8 nitrogen and oxygen atoms in total. The van der Waals surface area contributed by atoms with Gasteiger partial charge in [0.2, 0.25) is 5.91 Å². The van der Waals surface area contributed by atoms with E-state index in [0.29, 0.717) is 19.6 Å². The molecule has 0 aromatic carbocycles. The van der Waals surface area contributed by atoms with E-state index in [4.69, 9.17) is 0 Å². The smallest absolute Gasteiger partial charge is 0.317 e. The molecular weight excluding hydrogens is 380 g/mol. The van der Waals surface area contributed by atoms with Gasteiger partial charge in [-0.15, -0.1) is 0 Å². The van der Waals surface area contributed by atoms with Gasteiger partial charge in [-0.25, -0.2) is 9.78 Å². The van der Waals surface area contributed by atoms with E-state index in [1.54, 1.807) is 0 Å². The third kappa shape index (κ3) is 5.03. The molecule has 0 bridgehead atoms. The second-order valence-electron chi connectivity index (χ2n) is 8.77. The molecule has 30 heavy (non-hydrogen) atoms. The van der Waals surface area contributed by atoms with Gasteiger partial charge in [0.1, 0.15) is 5.82 Å². The van der Waals surface area contributed by atoms with Crippen LogP contribution in [0.1, 0.15) is 31.2 Å². The van der Waals surface area contributed by atoms with Crippen molar-refractivity contribution < 1.29 is 9.59 Å². The number of aromatic nitrogens is 1. The zero-order chi connectivity index (χ0) is 20.9. The first-order valence-corrected chi connectivity index (χ1v) is 11.3. The predicted octanol–water partition coefficient (Wildman–Crippen LogP) is 1.38. The molecule has 0 aliphatic carbocycles. The fraction of sp³-hybridized carbons (Fsp3) is 0.682. The number of amides is 3. The average Bonchev–Trinajstić information content (AvgIpc) is 3.33. The van der Waals surface area contributed by atoms with Crippen LogP contribution >= 0.6 is 0 Å². The first-order chi connectivity index (χ1) is 14.6. The lowest BCUT2D eigenvalue weighted by molar-refractivity contribution is -0.138. The molecule has 1 aromatic heterocycles. The fourth-order valence-corrected chi connectivity index (χ4v) is 4.56. The van der Waals surface area contributed by atoms with E-state index in [1.165, 1.54) is 12.8 Å². The Morgan fingerprint density at radius 3 is 2.30 bits per heavy atom. The van der Waals surface area contributed by atoms with Crippen LogP contribution < -0.4 is 10.2 Å². The monoisotopic (exact) mass is 414 g/mol. The van der Waals surface area contributed by atoms with Gasteiger partial charge in [-0.05, 0) is 44.4 Å². The zero-order valence-electron chi connectivity index (χ0n) is 18.1. The topological polar surface area (TPSA) is 72.0 Å². The molecule has 8 heteroatoms. The van der Waals surface area contributed by atoms with E-state index in [-0.39, 0.29) is 17.9 Å². The van der Waals surface area contributed by atoms with Gasteiger partial charge < -0.3 is 24.9 Å². The Labute approximate surface area is 179 Å². The number of likely N-dealkylation sites (N-methyl/N-ethyl adjacent to an activating group) is 1. The summed E-state index contributed by atoms with van der Waals surface area (Å²) in [6.45, 7) is 7.45. The highest BCUT2D eigenvalue weighted by Gasteiger charge is 2.31. The average molecular weight is 415 g/mol. The van der Waals surface area contributed by atoms with E-state index >= 15 is 0 Å². The van der Waals surface area contributed by atoms with Gasteiger partial charge >= 0.3 is 6.03 Å². The van der Waals surface area contributed by atoms with Crippen LogP contribution in [0.4, 0.5) is 10.6 Å². The van der Waals surface area contributed by atoms with E-state index < -0.39 is 0 Å². The second kappa shape index (κ2) is 9.64. The highest BCUT2D eigenvalue weighted by molar-refractivity contribution is 5.80. The molecule has 1 aromatic rings. The van der Waals surface area contributed by atoms with Crippen molar-refractivity contribution in [3.05, 3.63) is 23.9 Å². The summed E-state index contributed by atoms with van der Waals surface area (Å²) in [5.74, 6) is 1.35. The summed E-state index contributed by atoms with van der Waals surface area (Å²) in [5.41, 5.74) is 1.01. The summed E-state index contributed by atoms with van der Waals surface area (Å²) < 4.78 is 0. The van der Waals surface area contributed by atoms with Gasteiger partial charge in [0.25, 0.3) is 0 Å². The molecule has 3 fully saturated rings. The third-order valence-corrected chi connectivity index (χ3v) is 6.63. The quantitative estimate of drug-likeness (QED) is 0.806. The number of piperazine rings is 1. The van der Waals surface area contributed by atoms with Crippen LogP contribution in [0.25, 0.3) is 0 Å². The van der Waals surface area contributed by atoms with Crippen molar-refractivity contribution in [1.82, 2.24) is 25.0 Å². The number of likely N-dealkylation sites (tertiary alicyclic amines) is 1. The maximum atomic E-state index is 12.7. The first kappa shape index (κ1) is 20.9. The SMILES string of the molecule is CN1CCN(C(=O)C2CCN(C(=O)NCc3ccc(N4CCCC4)nc3)CC2)CC1. The lowest BCUT2D eigenvalue weighted by Gasteiger charge is -2.37. The van der Waals surface area contributed by atoms with Crippen LogP contribution in [-0.2, 0) is 11.3 Å². The molecule has 0 atom stereocenters. The zero-order valence-corrected chi connectivity index (χ0v) is 18.1. The molecule has 0 unspecified atom stereocenters. The Hall–Kier alpha value is -2.35. The number of pyridine rings is 1. The maximum absolute atomic E-state index is 12.7. The van der Waals surface area contributed by atoms with Crippen molar-refractivity contribution in [2.45, 2.75) is 32.2 Å². The number of rotatable bonds is 4. The van der Waals surface area contributed by atoms with Crippen LogP contribution in [0.2, 0.25) is 0 Å². The van der Waals surface area contributed by atoms with Gasteiger partial charge in [0, 0.05) is 71.0 Å². The Balaban J connectivity index is 1.19. The largest absolute Gasteiger partial charge is 0.357 e. The third-order valence-electron chi connectivity index (χ3n) is 6.63. The number of piperidine rings is 1. The van der Waals surface area contributed by atoms with Gasteiger partial charge in [-0.3, -0.25) is 4.79 Å². The summed E-state index contributed by atoms with van der Waals surface area (Å²) in [7, 11) is 2.09. The number of carbonyl (C=O) groups is 2. The molecule has 4 rings (SSSR count). The molecule has 0 spiro atoms. The van der Waals surface area contributed by atoms with Crippen LogP contribution in [0.3, 0.4) is 0 Å². The summed E-state index contributed by atoms with van der Waals surface area (Å²) in [6, 6.07) is 4.04. The minimum absolute atomic E-state index is 0.0517. The Morgan fingerprint density at radius 1 is 0.967 bits per heavy atom. The minimum Gasteiger partial charge on any atom is -0.357 e. The standard InChI is InChI=1S/C22H34N6O2/c1-25-12-14-27(15-13-25)21(29)19-6-10-28(11-7-19)22(30)24-17-18-4-5-20(23-16-18)26-8-2-3-9-26/h4-5,16,19H,2-3,6-15,17H2,1H3,(H,24,30). The van der Waals surface area contributed by atoms with E-state index in [2.05, 4.69) is 27.1 Å². The van der Waals surface area contributed by atoms with Crippen molar-refractivity contribution in [1.29, 1.82) is 0 Å². The van der Waals surface area contributed by atoms with Gasteiger partial charge in [-0.1, -0.05) is 6.07 Å².